The van der Waals surface area contributed by atoms with Crippen molar-refractivity contribution >= 4 is 5.91 Å². The van der Waals surface area contributed by atoms with Gasteiger partial charge in [-0.25, -0.2) is 0 Å². The molecule has 106 valence electrons. The van der Waals surface area contributed by atoms with E-state index in [1.807, 2.05) is 6.92 Å². The summed E-state index contributed by atoms with van der Waals surface area (Å²) in [6.07, 6.45) is 3.22. The van der Waals surface area contributed by atoms with Gasteiger partial charge in [-0.05, 0) is 38.7 Å². The molecule has 2 unspecified atom stereocenters. The zero-order valence-corrected chi connectivity index (χ0v) is 12.3. The Hall–Kier alpha value is -1.35. The molecule has 1 rings (SSSR count). The van der Waals surface area contributed by atoms with Crippen LogP contribution in [0.1, 0.15) is 56.7 Å². The molecule has 0 saturated carbocycles. The van der Waals surface area contributed by atoms with Crippen molar-refractivity contribution in [3.63, 3.8) is 0 Å². The van der Waals surface area contributed by atoms with Crippen LogP contribution >= 0.6 is 0 Å². The minimum Gasteiger partial charge on any atom is -0.349 e. The summed E-state index contributed by atoms with van der Waals surface area (Å²) >= 11 is 0. The Balaban J connectivity index is 2.47. The SMILES string of the molecule is CCC(NC(=O)CCCC(C)N)c1ccc(C)cc1. The largest absolute Gasteiger partial charge is 0.349 e. The van der Waals surface area contributed by atoms with Gasteiger partial charge in [0.15, 0.2) is 0 Å². The molecule has 0 bridgehead atoms. The molecule has 0 aliphatic rings. The summed E-state index contributed by atoms with van der Waals surface area (Å²) in [5.74, 6) is 0.119. The van der Waals surface area contributed by atoms with Crippen LogP contribution in [0.2, 0.25) is 0 Å². The average molecular weight is 262 g/mol. The van der Waals surface area contributed by atoms with Gasteiger partial charge in [-0.2, -0.15) is 0 Å². The first kappa shape index (κ1) is 15.7. The Morgan fingerprint density at radius 3 is 2.47 bits per heavy atom. The highest BCUT2D eigenvalue weighted by Gasteiger charge is 2.12. The zero-order chi connectivity index (χ0) is 14.3. The maximum atomic E-state index is 11.9. The second-order valence-electron chi connectivity index (χ2n) is 5.31. The van der Waals surface area contributed by atoms with Crippen molar-refractivity contribution in [3.8, 4) is 0 Å². The highest BCUT2D eigenvalue weighted by molar-refractivity contribution is 5.76. The van der Waals surface area contributed by atoms with E-state index in [0.29, 0.717) is 6.42 Å². The highest BCUT2D eigenvalue weighted by Crippen LogP contribution is 2.17. The fourth-order valence-electron chi connectivity index (χ4n) is 2.07. The molecule has 3 heteroatoms. The molecule has 0 saturated heterocycles. The average Bonchev–Trinajstić information content (AvgIpc) is 2.36. The molecule has 0 aliphatic heterocycles. The fraction of sp³-hybridized carbons (Fsp3) is 0.562. The topological polar surface area (TPSA) is 55.1 Å². The first-order valence-electron chi connectivity index (χ1n) is 7.14. The monoisotopic (exact) mass is 262 g/mol. The van der Waals surface area contributed by atoms with Crippen LogP contribution in [0.15, 0.2) is 24.3 Å². The van der Waals surface area contributed by atoms with Crippen molar-refractivity contribution in [1.29, 1.82) is 0 Å². The molecule has 0 heterocycles. The molecule has 1 aromatic rings. The van der Waals surface area contributed by atoms with E-state index in [1.54, 1.807) is 0 Å². The smallest absolute Gasteiger partial charge is 0.220 e. The first-order valence-corrected chi connectivity index (χ1v) is 7.14. The van der Waals surface area contributed by atoms with Gasteiger partial charge in [-0.1, -0.05) is 36.8 Å². The highest BCUT2D eigenvalue weighted by atomic mass is 16.1. The molecule has 0 radical (unpaired) electrons. The summed E-state index contributed by atoms with van der Waals surface area (Å²) in [5.41, 5.74) is 8.09. The summed E-state index contributed by atoms with van der Waals surface area (Å²) in [7, 11) is 0. The number of benzene rings is 1. The fourth-order valence-corrected chi connectivity index (χ4v) is 2.07. The summed E-state index contributed by atoms with van der Waals surface area (Å²) in [4.78, 5) is 11.9. The van der Waals surface area contributed by atoms with E-state index in [9.17, 15) is 4.79 Å². The van der Waals surface area contributed by atoms with Crippen LogP contribution in [0.4, 0.5) is 0 Å². The van der Waals surface area contributed by atoms with Gasteiger partial charge in [0.2, 0.25) is 5.91 Å². The number of carbonyl (C=O) groups is 1. The van der Waals surface area contributed by atoms with Crippen LogP contribution in [-0.2, 0) is 4.79 Å². The van der Waals surface area contributed by atoms with E-state index in [2.05, 4.69) is 43.4 Å². The Morgan fingerprint density at radius 1 is 1.32 bits per heavy atom. The predicted molar refractivity (Wildman–Crippen MR) is 79.9 cm³/mol. The number of aryl methyl sites for hydroxylation is 1. The Kier molecular flexibility index (Phi) is 6.57. The summed E-state index contributed by atoms with van der Waals surface area (Å²) < 4.78 is 0. The molecule has 0 spiro atoms. The molecule has 19 heavy (non-hydrogen) atoms. The third-order valence-corrected chi connectivity index (χ3v) is 3.29. The van der Waals surface area contributed by atoms with Crippen LogP contribution in [-0.4, -0.2) is 11.9 Å². The van der Waals surface area contributed by atoms with E-state index < -0.39 is 0 Å². The number of rotatable bonds is 7. The van der Waals surface area contributed by atoms with Gasteiger partial charge in [0.1, 0.15) is 0 Å². The zero-order valence-electron chi connectivity index (χ0n) is 12.3. The van der Waals surface area contributed by atoms with Crippen LogP contribution in [0, 0.1) is 6.92 Å². The van der Waals surface area contributed by atoms with Gasteiger partial charge in [0.25, 0.3) is 0 Å². The second kappa shape index (κ2) is 7.95. The Bertz CT molecular complexity index is 384. The third kappa shape index (κ3) is 5.88. The van der Waals surface area contributed by atoms with Crippen molar-refractivity contribution < 1.29 is 4.79 Å². The second-order valence-corrected chi connectivity index (χ2v) is 5.31. The van der Waals surface area contributed by atoms with E-state index in [0.717, 1.165) is 19.3 Å². The molecule has 0 fully saturated rings. The molecule has 0 aliphatic carbocycles. The van der Waals surface area contributed by atoms with Gasteiger partial charge < -0.3 is 11.1 Å². The van der Waals surface area contributed by atoms with Crippen LogP contribution in [0.25, 0.3) is 0 Å². The summed E-state index contributed by atoms with van der Waals surface area (Å²) in [6, 6.07) is 8.63. The number of hydrogen-bond donors (Lipinski definition) is 2. The Labute approximate surface area is 116 Å². The molecule has 1 amide bonds. The normalized spacial score (nSPS) is 13.9. The van der Waals surface area contributed by atoms with Gasteiger partial charge in [0.05, 0.1) is 6.04 Å². The predicted octanol–water partition coefficient (Wildman–Crippen LogP) is 3.08. The van der Waals surface area contributed by atoms with Gasteiger partial charge in [-0.3, -0.25) is 4.79 Å². The van der Waals surface area contributed by atoms with E-state index in [4.69, 9.17) is 5.73 Å². The summed E-state index contributed by atoms with van der Waals surface area (Å²) in [6.45, 7) is 6.13. The van der Waals surface area contributed by atoms with Crippen molar-refractivity contribution in [1.82, 2.24) is 5.32 Å². The minimum absolute atomic E-state index is 0.114. The quantitative estimate of drug-likeness (QED) is 0.793. The van der Waals surface area contributed by atoms with Crippen molar-refractivity contribution in [2.24, 2.45) is 5.73 Å². The lowest BCUT2D eigenvalue weighted by atomic mass is 10.0. The number of nitrogens with two attached hydrogens (primary N) is 1. The number of carbonyl (C=O) groups excluding carboxylic acids is 1. The lowest BCUT2D eigenvalue weighted by Crippen LogP contribution is -2.28. The van der Waals surface area contributed by atoms with Gasteiger partial charge in [0, 0.05) is 12.5 Å². The van der Waals surface area contributed by atoms with Crippen molar-refractivity contribution in [2.75, 3.05) is 0 Å². The standard InChI is InChI=1S/C16H26N2O/c1-4-15(14-10-8-12(2)9-11-14)18-16(19)7-5-6-13(3)17/h8-11,13,15H,4-7,17H2,1-3H3,(H,18,19). The van der Waals surface area contributed by atoms with Crippen molar-refractivity contribution in [2.45, 2.75) is 58.5 Å². The van der Waals surface area contributed by atoms with Crippen molar-refractivity contribution in [3.05, 3.63) is 35.4 Å². The number of nitrogens with one attached hydrogen (secondary N) is 1. The minimum atomic E-state index is 0.114. The lowest BCUT2D eigenvalue weighted by molar-refractivity contribution is -0.122. The molecular weight excluding hydrogens is 236 g/mol. The van der Waals surface area contributed by atoms with Crippen LogP contribution in [0.5, 0.6) is 0 Å². The van der Waals surface area contributed by atoms with Gasteiger partial charge >= 0.3 is 0 Å². The van der Waals surface area contributed by atoms with E-state index in [-0.39, 0.29) is 18.0 Å². The number of hydrogen-bond acceptors (Lipinski definition) is 2. The molecular formula is C16H26N2O. The third-order valence-electron chi connectivity index (χ3n) is 3.29. The maximum Gasteiger partial charge on any atom is 0.220 e. The summed E-state index contributed by atoms with van der Waals surface area (Å²) in [5, 5.41) is 3.10. The van der Waals surface area contributed by atoms with E-state index >= 15 is 0 Å². The lowest BCUT2D eigenvalue weighted by Gasteiger charge is -2.18. The molecule has 0 aromatic heterocycles. The molecule has 3 nitrogen and oxygen atoms in total. The Morgan fingerprint density at radius 2 is 1.95 bits per heavy atom. The maximum absolute atomic E-state index is 11.9. The van der Waals surface area contributed by atoms with Crippen LogP contribution in [0.3, 0.4) is 0 Å². The van der Waals surface area contributed by atoms with Crippen LogP contribution < -0.4 is 11.1 Å². The van der Waals surface area contributed by atoms with E-state index in [1.165, 1.54) is 11.1 Å². The first-order chi connectivity index (χ1) is 9.02. The molecule has 1 aromatic carbocycles. The molecule has 3 N–H and O–H groups in total. The molecule has 2 atom stereocenters. The number of amides is 1. The van der Waals surface area contributed by atoms with Gasteiger partial charge in [-0.15, -0.1) is 0 Å².